The van der Waals surface area contributed by atoms with Gasteiger partial charge in [-0.15, -0.1) is 11.3 Å². The zero-order valence-corrected chi connectivity index (χ0v) is 16.5. The van der Waals surface area contributed by atoms with Gasteiger partial charge in [0.15, 0.2) is 5.96 Å². The molecule has 1 heterocycles. The number of rotatable bonds is 5. The third kappa shape index (κ3) is 4.94. The summed E-state index contributed by atoms with van der Waals surface area (Å²) in [7, 11) is 2.06. The maximum Gasteiger partial charge on any atom is 0.194 e. The van der Waals surface area contributed by atoms with Crippen LogP contribution in [-0.4, -0.2) is 46.7 Å². The van der Waals surface area contributed by atoms with E-state index in [9.17, 15) is 5.11 Å². The molecule has 1 saturated carbocycles. The summed E-state index contributed by atoms with van der Waals surface area (Å²) in [5, 5.41) is 15.2. The van der Waals surface area contributed by atoms with Gasteiger partial charge in [0.2, 0.25) is 0 Å². The average molecular weight is 365 g/mol. The largest absolute Gasteiger partial charge is 0.388 e. The minimum absolute atomic E-state index is 0.494. The van der Waals surface area contributed by atoms with Gasteiger partial charge in [0.25, 0.3) is 0 Å². The molecule has 2 aliphatic carbocycles. The highest BCUT2D eigenvalue weighted by atomic mass is 32.1. The van der Waals surface area contributed by atoms with E-state index < -0.39 is 5.60 Å². The van der Waals surface area contributed by atoms with Gasteiger partial charge < -0.3 is 15.3 Å². The van der Waals surface area contributed by atoms with Crippen molar-refractivity contribution in [1.82, 2.24) is 15.2 Å². The zero-order chi connectivity index (χ0) is 17.7. The number of nitrogens with zero attached hydrogens (tertiary/aromatic N) is 3. The van der Waals surface area contributed by atoms with E-state index >= 15 is 0 Å². The Hall–Kier alpha value is -1.14. The number of guanidine groups is 1. The van der Waals surface area contributed by atoms with E-state index in [1.54, 1.807) is 0 Å². The van der Waals surface area contributed by atoms with Crippen LogP contribution in [0, 0.1) is 0 Å². The number of hydrogen-bond donors (Lipinski definition) is 2. The molecule has 25 heavy (non-hydrogen) atoms. The van der Waals surface area contributed by atoms with Crippen LogP contribution in [-0.2, 0) is 19.4 Å². The summed E-state index contributed by atoms with van der Waals surface area (Å²) in [5.74, 6) is 0.870. The molecule has 0 amide bonds. The van der Waals surface area contributed by atoms with E-state index in [0.29, 0.717) is 6.54 Å². The Labute approximate surface area is 155 Å². The van der Waals surface area contributed by atoms with Gasteiger partial charge in [-0.25, -0.2) is 4.98 Å². The summed E-state index contributed by atoms with van der Waals surface area (Å²) in [4.78, 5) is 13.2. The van der Waals surface area contributed by atoms with Gasteiger partial charge in [-0.05, 0) is 45.4 Å². The van der Waals surface area contributed by atoms with E-state index in [-0.39, 0.29) is 0 Å². The Bertz CT molecular complexity index is 569. The van der Waals surface area contributed by atoms with Crippen molar-refractivity contribution in [3.8, 4) is 0 Å². The van der Waals surface area contributed by atoms with Crippen molar-refractivity contribution in [3.63, 3.8) is 0 Å². The van der Waals surface area contributed by atoms with Crippen LogP contribution in [0.4, 0.5) is 0 Å². The molecule has 2 aliphatic rings. The first-order valence-electron chi connectivity index (χ1n) is 9.79. The minimum Gasteiger partial charge on any atom is -0.388 e. The lowest BCUT2D eigenvalue weighted by Crippen LogP contribution is -2.41. The summed E-state index contributed by atoms with van der Waals surface area (Å²) in [6.45, 7) is 4.19. The van der Waals surface area contributed by atoms with Gasteiger partial charge in [-0.1, -0.05) is 19.3 Å². The van der Waals surface area contributed by atoms with Gasteiger partial charge >= 0.3 is 0 Å². The number of fused-ring (bicyclic) bond motifs is 1. The lowest BCUT2D eigenvalue weighted by atomic mass is 9.85. The summed E-state index contributed by atoms with van der Waals surface area (Å²) in [5.41, 5.74) is 0.707. The second-order valence-electron chi connectivity index (χ2n) is 7.50. The second kappa shape index (κ2) is 8.49. The molecule has 0 atom stereocenters. The molecule has 1 aromatic rings. The molecule has 0 unspecified atom stereocenters. The number of aliphatic imine (C=N–C) groups is 1. The quantitative estimate of drug-likeness (QED) is 0.622. The first-order valence-corrected chi connectivity index (χ1v) is 10.6. The summed E-state index contributed by atoms with van der Waals surface area (Å²) < 4.78 is 0. The number of nitrogens with one attached hydrogen (secondary N) is 1. The van der Waals surface area contributed by atoms with Crippen molar-refractivity contribution in [1.29, 1.82) is 0 Å². The molecule has 0 spiro atoms. The Morgan fingerprint density at radius 1 is 1.24 bits per heavy atom. The third-order valence-corrected chi connectivity index (χ3v) is 6.41. The van der Waals surface area contributed by atoms with Crippen molar-refractivity contribution in [3.05, 3.63) is 15.6 Å². The fourth-order valence-electron chi connectivity index (χ4n) is 3.81. The summed E-state index contributed by atoms with van der Waals surface area (Å²) >= 11 is 1.86. The van der Waals surface area contributed by atoms with Crippen molar-refractivity contribution in [2.24, 2.45) is 4.99 Å². The van der Waals surface area contributed by atoms with E-state index in [2.05, 4.69) is 24.2 Å². The van der Waals surface area contributed by atoms with Crippen molar-refractivity contribution in [2.45, 2.75) is 76.9 Å². The van der Waals surface area contributed by atoms with Crippen molar-refractivity contribution < 1.29 is 5.11 Å². The Morgan fingerprint density at radius 3 is 2.72 bits per heavy atom. The molecule has 1 aromatic heterocycles. The number of aromatic nitrogens is 1. The highest BCUT2D eigenvalue weighted by Gasteiger charge is 2.29. The maximum absolute atomic E-state index is 10.7. The SMILES string of the molecule is CCNC(=NCC1(O)CCCCC1)N(C)Cc1nc2c(s1)CCCC2. The number of thiazole rings is 1. The number of aliphatic hydroxyl groups is 1. The Balaban J connectivity index is 1.64. The first kappa shape index (κ1) is 18.6. The van der Waals surface area contributed by atoms with Gasteiger partial charge in [0, 0.05) is 18.5 Å². The molecule has 0 aromatic carbocycles. The second-order valence-corrected chi connectivity index (χ2v) is 8.66. The van der Waals surface area contributed by atoms with Crippen LogP contribution in [0.1, 0.15) is 67.4 Å². The zero-order valence-electron chi connectivity index (χ0n) is 15.7. The summed E-state index contributed by atoms with van der Waals surface area (Å²) in [6.07, 6.45) is 10.1. The van der Waals surface area contributed by atoms with Gasteiger partial charge in [0.05, 0.1) is 24.4 Å². The van der Waals surface area contributed by atoms with E-state index in [4.69, 9.17) is 9.98 Å². The van der Waals surface area contributed by atoms with Gasteiger partial charge in [0.1, 0.15) is 5.01 Å². The normalized spacial score (nSPS) is 20.2. The van der Waals surface area contributed by atoms with Crippen LogP contribution < -0.4 is 5.32 Å². The van der Waals surface area contributed by atoms with Crippen molar-refractivity contribution >= 4 is 17.3 Å². The first-order chi connectivity index (χ1) is 12.1. The molecule has 140 valence electrons. The van der Waals surface area contributed by atoms with E-state index in [0.717, 1.165) is 51.2 Å². The smallest absolute Gasteiger partial charge is 0.194 e. The average Bonchev–Trinajstić information content (AvgIpc) is 3.01. The standard InChI is InChI=1S/C19H32N4OS/c1-3-20-18(21-14-19(24)11-7-4-8-12-19)23(2)13-17-22-15-9-5-6-10-16(15)25-17/h24H,3-14H2,1-2H3,(H,20,21). The molecule has 2 N–H and O–H groups in total. The minimum atomic E-state index is -0.611. The topological polar surface area (TPSA) is 60.8 Å². The molecular formula is C19H32N4OS. The lowest BCUT2D eigenvalue weighted by Gasteiger charge is -2.31. The maximum atomic E-state index is 10.7. The predicted octanol–water partition coefficient (Wildman–Crippen LogP) is 3.11. The molecule has 0 bridgehead atoms. The predicted molar refractivity (Wildman–Crippen MR) is 104 cm³/mol. The Morgan fingerprint density at radius 2 is 2.00 bits per heavy atom. The monoisotopic (exact) mass is 364 g/mol. The van der Waals surface area contributed by atoms with Crippen LogP contribution in [0.25, 0.3) is 0 Å². The summed E-state index contributed by atoms with van der Waals surface area (Å²) in [6, 6.07) is 0. The molecule has 6 heteroatoms. The molecular weight excluding hydrogens is 332 g/mol. The molecule has 0 radical (unpaired) electrons. The van der Waals surface area contributed by atoms with Crippen LogP contribution in [0.3, 0.4) is 0 Å². The fourth-order valence-corrected chi connectivity index (χ4v) is 5.02. The van der Waals surface area contributed by atoms with Crippen LogP contribution in [0.15, 0.2) is 4.99 Å². The highest BCUT2D eigenvalue weighted by molar-refractivity contribution is 7.11. The van der Waals surface area contributed by atoms with Gasteiger partial charge in [-0.2, -0.15) is 0 Å². The Kier molecular flexibility index (Phi) is 6.34. The van der Waals surface area contributed by atoms with E-state index in [1.807, 2.05) is 11.3 Å². The molecule has 0 aliphatic heterocycles. The molecule has 0 saturated heterocycles. The van der Waals surface area contributed by atoms with Crippen LogP contribution in [0.2, 0.25) is 0 Å². The molecule has 5 nitrogen and oxygen atoms in total. The van der Waals surface area contributed by atoms with Crippen molar-refractivity contribution in [2.75, 3.05) is 20.1 Å². The molecule has 1 fully saturated rings. The highest BCUT2D eigenvalue weighted by Crippen LogP contribution is 2.29. The fraction of sp³-hybridized carbons (Fsp3) is 0.789. The van der Waals surface area contributed by atoms with Crippen LogP contribution >= 0.6 is 11.3 Å². The van der Waals surface area contributed by atoms with Crippen LogP contribution in [0.5, 0.6) is 0 Å². The third-order valence-electron chi connectivity index (χ3n) is 5.27. The van der Waals surface area contributed by atoms with Gasteiger partial charge in [-0.3, -0.25) is 4.99 Å². The lowest BCUT2D eigenvalue weighted by molar-refractivity contribution is 0.0130. The molecule has 3 rings (SSSR count). The van der Waals surface area contributed by atoms with E-state index in [1.165, 1.54) is 41.3 Å². The number of hydrogen-bond acceptors (Lipinski definition) is 4. The number of aryl methyl sites for hydroxylation is 2.